The maximum Gasteiger partial charge on any atom is 0.345 e. The van der Waals surface area contributed by atoms with E-state index in [9.17, 15) is 18.4 Å². The summed E-state index contributed by atoms with van der Waals surface area (Å²) < 4.78 is 33.7. The van der Waals surface area contributed by atoms with Gasteiger partial charge in [-0.15, -0.1) is 12.4 Å². The first-order valence-corrected chi connectivity index (χ1v) is 8.88. The summed E-state index contributed by atoms with van der Waals surface area (Å²) in [4.78, 5) is 24.9. The number of ketones is 1. The number of carbonyl (C=O) groups is 2. The van der Waals surface area contributed by atoms with Crippen LogP contribution in [0.5, 0.6) is 0 Å². The van der Waals surface area contributed by atoms with Gasteiger partial charge in [0.15, 0.2) is 5.78 Å². The zero-order valence-corrected chi connectivity index (χ0v) is 16.5. The molecule has 0 aromatic heterocycles. The third-order valence-corrected chi connectivity index (χ3v) is 4.15. The van der Waals surface area contributed by atoms with Gasteiger partial charge in [0.05, 0.1) is 18.6 Å². The van der Waals surface area contributed by atoms with Crippen LogP contribution in [0.4, 0.5) is 8.78 Å². The summed E-state index contributed by atoms with van der Waals surface area (Å²) in [5.41, 5.74) is 7.29. The van der Waals surface area contributed by atoms with Crippen LogP contribution in [0, 0.1) is 5.92 Å². The molecule has 0 unspecified atom stereocenters. The summed E-state index contributed by atoms with van der Waals surface area (Å²) in [6, 6.07) is 17.1. The highest BCUT2D eigenvalue weighted by atomic mass is 35.5. The molecule has 2 rings (SSSR count). The van der Waals surface area contributed by atoms with E-state index in [0.717, 1.165) is 11.1 Å². The van der Waals surface area contributed by atoms with E-state index in [1.54, 1.807) is 0 Å². The summed E-state index contributed by atoms with van der Waals surface area (Å²) in [6.07, 6.45) is 0.0684. The lowest BCUT2D eigenvalue weighted by atomic mass is 9.92. The lowest BCUT2D eigenvalue weighted by molar-refractivity contribution is -0.153. The molecule has 0 bridgehead atoms. The van der Waals surface area contributed by atoms with Crippen molar-refractivity contribution in [3.8, 4) is 0 Å². The largest absolute Gasteiger partial charge is 0.461 e. The average Bonchev–Trinajstić information content (AvgIpc) is 2.71. The maximum atomic E-state index is 12.6. The van der Waals surface area contributed by atoms with Crippen molar-refractivity contribution in [1.29, 1.82) is 0 Å². The molecule has 0 spiro atoms. The highest BCUT2D eigenvalue weighted by molar-refractivity contribution is 5.88. The smallest absolute Gasteiger partial charge is 0.345 e. The molecule has 0 saturated heterocycles. The fraction of sp³-hybridized carbons (Fsp3) is 0.333. The van der Waals surface area contributed by atoms with Crippen molar-refractivity contribution in [2.24, 2.45) is 11.7 Å². The van der Waals surface area contributed by atoms with Crippen LogP contribution in [0.15, 0.2) is 60.7 Å². The normalized spacial score (nSPS) is 12.7. The summed E-state index contributed by atoms with van der Waals surface area (Å²) in [5, 5.41) is 0. The predicted octanol–water partition coefficient (Wildman–Crippen LogP) is 3.54. The third-order valence-electron chi connectivity index (χ3n) is 4.15. The third kappa shape index (κ3) is 9.13. The Labute approximate surface area is 174 Å². The predicted molar refractivity (Wildman–Crippen MR) is 107 cm³/mol. The number of ether oxygens (including phenoxy) is 2. The van der Waals surface area contributed by atoms with E-state index in [2.05, 4.69) is 4.74 Å². The van der Waals surface area contributed by atoms with Gasteiger partial charge in [0.2, 0.25) is 0 Å². The van der Waals surface area contributed by atoms with Gasteiger partial charge in [0.1, 0.15) is 6.61 Å². The van der Waals surface area contributed by atoms with Gasteiger partial charge in [-0.05, 0) is 17.5 Å². The zero-order valence-electron chi connectivity index (χ0n) is 15.7. The van der Waals surface area contributed by atoms with Crippen LogP contribution < -0.4 is 5.73 Å². The molecule has 0 amide bonds. The van der Waals surface area contributed by atoms with E-state index in [4.69, 9.17) is 10.5 Å². The number of rotatable bonds is 11. The Bertz CT molecular complexity index is 747. The van der Waals surface area contributed by atoms with E-state index in [1.807, 2.05) is 60.7 Å². The lowest BCUT2D eigenvalue weighted by Crippen LogP contribution is -2.38. The Morgan fingerprint density at radius 3 is 2.03 bits per heavy atom. The molecule has 2 aromatic rings. The van der Waals surface area contributed by atoms with Gasteiger partial charge >= 0.3 is 12.6 Å². The number of alkyl halides is 2. The molecule has 29 heavy (non-hydrogen) atoms. The van der Waals surface area contributed by atoms with Crippen molar-refractivity contribution in [3.63, 3.8) is 0 Å². The molecule has 2 N–H and O–H groups in total. The highest BCUT2D eigenvalue weighted by Crippen LogP contribution is 2.17. The van der Waals surface area contributed by atoms with E-state index < -0.39 is 36.9 Å². The number of nitrogens with two attached hydrogens (primary N) is 1. The first kappa shape index (κ1) is 24.7. The number of hydrogen-bond acceptors (Lipinski definition) is 5. The molecule has 0 radical (unpaired) electrons. The molecule has 0 fully saturated rings. The summed E-state index contributed by atoms with van der Waals surface area (Å²) in [6.45, 7) is -3.53. The van der Waals surface area contributed by atoms with E-state index in [-0.39, 0.29) is 31.9 Å². The molecule has 0 aliphatic rings. The summed E-state index contributed by atoms with van der Waals surface area (Å²) in [7, 11) is 0. The Balaban J connectivity index is 0.00000420. The summed E-state index contributed by atoms with van der Waals surface area (Å²) >= 11 is 0. The van der Waals surface area contributed by atoms with Crippen LogP contribution in [-0.4, -0.2) is 31.0 Å². The molecule has 0 heterocycles. The van der Waals surface area contributed by atoms with E-state index in [1.165, 1.54) is 0 Å². The number of carbonyl (C=O) groups excluding carboxylic acids is 2. The number of esters is 1. The highest BCUT2D eigenvalue weighted by Gasteiger charge is 2.27. The van der Waals surface area contributed by atoms with Crippen molar-refractivity contribution < 1.29 is 27.8 Å². The second-order valence-electron chi connectivity index (χ2n) is 6.35. The molecule has 8 heteroatoms. The van der Waals surface area contributed by atoms with Gasteiger partial charge < -0.3 is 15.2 Å². The molecule has 0 saturated carbocycles. The van der Waals surface area contributed by atoms with Gasteiger partial charge in [0, 0.05) is 6.42 Å². The lowest BCUT2D eigenvalue weighted by Gasteiger charge is -2.18. The maximum absolute atomic E-state index is 12.6. The monoisotopic (exact) mass is 427 g/mol. The van der Waals surface area contributed by atoms with Crippen LogP contribution in [0.3, 0.4) is 0 Å². The van der Waals surface area contributed by atoms with Crippen molar-refractivity contribution in [2.45, 2.75) is 32.1 Å². The fourth-order valence-corrected chi connectivity index (χ4v) is 2.65. The molecule has 0 aliphatic heterocycles. The van der Waals surface area contributed by atoms with E-state index in [0.29, 0.717) is 0 Å². The van der Waals surface area contributed by atoms with Crippen LogP contribution in [0.25, 0.3) is 0 Å². The molecule has 2 aromatic carbocycles. The zero-order chi connectivity index (χ0) is 20.4. The minimum Gasteiger partial charge on any atom is -0.461 e. The molecular formula is C21H24ClF2NO4. The fourth-order valence-electron chi connectivity index (χ4n) is 2.65. The number of halogens is 3. The van der Waals surface area contributed by atoms with Crippen LogP contribution in [-0.2, 0) is 32.1 Å². The first-order valence-electron chi connectivity index (χ1n) is 8.88. The average molecular weight is 428 g/mol. The van der Waals surface area contributed by atoms with Crippen molar-refractivity contribution >= 4 is 24.2 Å². The first-order chi connectivity index (χ1) is 13.5. The molecule has 2 atom stereocenters. The molecular weight excluding hydrogens is 404 g/mol. The van der Waals surface area contributed by atoms with Crippen LogP contribution in [0.1, 0.15) is 17.5 Å². The molecule has 0 aliphatic carbocycles. The minimum absolute atomic E-state index is 0. The van der Waals surface area contributed by atoms with E-state index >= 15 is 0 Å². The number of hydrogen-bond donors (Lipinski definition) is 1. The SMILES string of the molecule is Cl.N[C@@H](COC(F)F)C(=O)C[C@@H](Cc1ccccc1)C(=O)OCc1ccccc1. The van der Waals surface area contributed by atoms with Crippen molar-refractivity contribution in [1.82, 2.24) is 0 Å². The second-order valence-corrected chi connectivity index (χ2v) is 6.35. The van der Waals surface area contributed by atoms with Crippen LogP contribution in [0.2, 0.25) is 0 Å². The van der Waals surface area contributed by atoms with Gasteiger partial charge in [-0.1, -0.05) is 60.7 Å². The van der Waals surface area contributed by atoms with Gasteiger partial charge in [-0.2, -0.15) is 8.78 Å². The number of Topliss-reactive ketones (excluding diaryl/α,β-unsaturated/α-hetero) is 1. The summed E-state index contributed by atoms with van der Waals surface area (Å²) in [5.74, 6) is -1.84. The molecule has 158 valence electrons. The van der Waals surface area contributed by atoms with Crippen LogP contribution >= 0.6 is 12.4 Å². The van der Waals surface area contributed by atoms with Crippen molar-refractivity contribution in [2.75, 3.05) is 6.61 Å². The topological polar surface area (TPSA) is 78.6 Å². The standard InChI is InChI=1S/C21H23F2NO4.ClH/c22-21(23)28-14-18(24)19(25)12-17(11-15-7-3-1-4-8-15)20(26)27-13-16-9-5-2-6-10-16;/h1-10,17-18,21H,11-14,24H2;1H/t17-,18+;/m1./s1. The Kier molecular flexibility index (Phi) is 11.1. The minimum atomic E-state index is -3.00. The Morgan fingerprint density at radius 2 is 1.48 bits per heavy atom. The second kappa shape index (κ2) is 13.0. The van der Waals surface area contributed by atoms with Crippen molar-refractivity contribution in [3.05, 3.63) is 71.8 Å². The quantitative estimate of drug-likeness (QED) is 0.555. The van der Waals surface area contributed by atoms with Gasteiger partial charge in [-0.25, -0.2) is 0 Å². The van der Waals surface area contributed by atoms with Gasteiger partial charge in [0.25, 0.3) is 0 Å². The number of benzene rings is 2. The molecule has 5 nitrogen and oxygen atoms in total. The Hall–Kier alpha value is -2.35. The van der Waals surface area contributed by atoms with Gasteiger partial charge in [-0.3, -0.25) is 9.59 Å². The Morgan fingerprint density at radius 1 is 0.931 bits per heavy atom.